The van der Waals surface area contributed by atoms with E-state index in [-0.39, 0.29) is 30.4 Å². The first-order chi connectivity index (χ1) is 12.5. The van der Waals surface area contributed by atoms with Crippen molar-refractivity contribution in [1.29, 1.82) is 0 Å². The van der Waals surface area contributed by atoms with Crippen molar-refractivity contribution in [2.75, 3.05) is 19.0 Å². The molecule has 0 aromatic heterocycles. The van der Waals surface area contributed by atoms with E-state index in [1.807, 2.05) is 0 Å². The average Bonchev–Trinajstić information content (AvgIpc) is 2.65. The van der Waals surface area contributed by atoms with Gasteiger partial charge in [0.2, 0.25) is 5.91 Å². The fourth-order valence-corrected chi connectivity index (χ4v) is 2.18. The SMILES string of the molecule is COC(=O)c1ccc(NC(=O)CCCOc2ccccc2[N+](=O)[O-])cc1. The Kier molecular flexibility index (Phi) is 6.67. The molecule has 26 heavy (non-hydrogen) atoms. The maximum Gasteiger partial charge on any atom is 0.337 e. The zero-order valence-corrected chi connectivity index (χ0v) is 14.1. The summed E-state index contributed by atoms with van der Waals surface area (Å²) in [5.74, 6) is -0.492. The molecule has 0 aliphatic carbocycles. The lowest BCUT2D eigenvalue weighted by Crippen LogP contribution is -2.13. The highest BCUT2D eigenvalue weighted by atomic mass is 16.6. The summed E-state index contributed by atoms with van der Waals surface area (Å²) >= 11 is 0. The normalized spacial score (nSPS) is 10.0. The Bertz CT molecular complexity index is 789. The second-order valence-electron chi connectivity index (χ2n) is 5.29. The summed E-state index contributed by atoms with van der Waals surface area (Å²) in [5.41, 5.74) is 0.841. The third-order valence-electron chi connectivity index (χ3n) is 3.46. The number of hydrogen-bond donors (Lipinski definition) is 1. The lowest BCUT2D eigenvalue weighted by molar-refractivity contribution is -0.385. The van der Waals surface area contributed by atoms with Gasteiger partial charge in [-0.1, -0.05) is 12.1 Å². The Morgan fingerprint density at radius 1 is 1.12 bits per heavy atom. The van der Waals surface area contributed by atoms with Crippen LogP contribution in [0.25, 0.3) is 0 Å². The van der Waals surface area contributed by atoms with Crippen LogP contribution in [0.15, 0.2) is 48.5 Å². The van der Waals surface area contributed by atoms with Gasteiger partial charge in [0.1, 0.15) is 0 Å². The minimum Gasteiger partial charge on any atom is -0.487 e. The van der Waals surface area contributed by atoms with Gasteiger partial charge in [-0.25, -0.2) is 4.79 Å². The van der Waals surface area contributed by atoms with Gasteiger partial charge in [-0.3, -0.25) is 14.9 Å². The van der Waals surface area contributed by atoms with Crippen LogP contribution in [0.1, 0.15) is 23.2 Å². The van der Waals surface area contributed by atoms with Gasteiger partial charge in [-0.05, 0) is 36.8 Å². The van der Waals surface area contributed by atoms with E-state index in [0.29, 0.717) is 17.7 Å². The maximum absolute atomic E-state index is 11.9. The molecule has 0 unspecified atom stereocenters. The highest BCUT2D eigenvalue weighted by Crippen LogP contribution is 2.25. The molecule has 2 rings (SSSR count). The lowest BCUT2D eigenvalue weighted by Gasteiger charge is -2.08. The molecule has 8 nitrogen and oxygen atoms in total. The van der Waals surface area contributed by atoms with Crippen molar-refractivity contribution in [2.24, 2.45) is 0 Å². The molecule has 0 bridgehead atoms. The third kappa shape index (κ3) is 5.30. The number of methoxy groups -OCH3 is 1. The fourth-order valence-electron chi connectivity index (χ4n) is 2.18. The first kappa shape index (κ1) is 18.9. The molecule has 0 saturated heterocycles. The predicted molar refractivity (Wildman–Crippen MR) is 94.2 cm³/mol. The number of para-hydroxylation sites is 2. The van der Waals surface area contributed by atoms with Gasteiger partial charge in [-0.2, -0.15) is 0 Å². The van der Waals surface area contributed by atoms with Crippen molar-refractivity contribution >= 4 is 23.3 Å². The zero-order valence-electron chi connectivity index (χ0n) is 14.1. The first-order valence-corrected chi connectivity index (χ1v) is 7.85. The molecule has 1 N–H and O–H groups in total. The first-order valence-electron chi connectivity index (χ1n) is 7.85. The van der Waals surface area contributed by atoms with Crippen LogP contribution in [0.5, 0.6) is 5.75 Å². The number of nitro groups is 1. The minimum absolute atomic E-state index is 0.109. The van der Waals surface area contributed by atoms with Crippen molar-refractivity contribution in [1.82, 2.24) is 0 Å². The van der Waals surface area contributed by atoms with Gasteiger partial charge in [0.25, 0.3) is 0 Å². The number of carbonyl (C=O) groups excluding carboxylic acids is 2. The Labute approximate surface area is 149 Å². The average molecular weight is 358 g/mol. The van der Waals surface area contributed by atoms with Crippen LogP contribution in [0.4, 0.5) is 11.4 Å². The number of nitrogens with zero attached hydrogens (tertiary/aromatic N) is 1. The quantitative estimate of drug-likeness (QED) is 0.336. The number of amides is 1. The van der Waals surface area contributed by atoms with Gasteiger partial charge < -0.3 is 14.8 Å². The van der Waals surface area contributed by atoms with Crippen molar-refractivity contribution in [2.45, 2.75) is 12.8 Å². The second-order valence-corrected chi connectivity index (χ2v) is 5.29. The van der Waals surface area contributed by atoms with Crippen molar-refractivity contribution in [3.05, 3.63) is 64.2 Å². The summed E-state index contributed by atoms with van der Waals surface area (Å²) in [6.45, 7) is 0.180. The van der Waals surface area contributed by atoms with E-state index in [9.17, 15) is 19.7 Å². The summed E-state index contributed by atoms with van der Waals surface area (Å²) < 4.78 is 9.98. The molecule has 136 valence electrons. The van der Waals surface area contributed by atoms with E-state index in [1.165, 1.54) is 19.2 Å². The van der Waals surface area contributed by atoms with Crippen molar-refractivity contribution < 1.29 is 24.0 Å². The molecule has 0 atom stereocenters. The number of ether oxygens (including phenoxy) is 2. The molecule has 0 aliphatic heterocycles. The summed E-state index contributed by atoms with van der Waals surface area (Å²) in [7, 11) is 1.30. The predicted octanol–water partition coefficient (Wildman–Crippen LogP) is 3.18. The summed E-state index contributed by atoms with van der Waals surface area (Å²) in [5, 5.41) is 13.6. The number of nitro benzene ring substituents is 1. The van der Waals surface area contributed by atoms with Crippen LogP contribution in [0.3, 0.4) is 0 Å². The van der Waals surface area contributed by atoms with Gasteiger partial charge in [0.15, 0.2) is 5.75 Å². The number of carbonyl (C=O) groups is 2. The minimum atomic E-state index is -0.514. The Morgan fingerprint density at radius 2 is 1.81 bits per heavy atom. The molecule has 0 fully saturated rings. The lowest BCUT2D eigenvalue weighted by atomic mass is 10.2. The van der Waals surface area contributed by atoms with Crippen LogP contribution in [0, 0.1) is 10.1 Å². The zero-order chi connectivity index (χ0) is 18.9. The largest absolute Gasteiger partial charge is 0.487 e. The molecule has 0 spiro atoms. The van der Waals surface area contributed by atoms with Crippen LogP contribution in [-0.4, -0.2) is 30.5 Å². The van der Waals surface area contributed by atoms with Crippen LogP contribution in [-0.2, 0) is 9.53 Å². The Hall–Kier alpha value is -3.42. The second kappa shape index (κ2) is 9.16. The number of esters is 1. The molecule has 0 saturated carbocycles. The molecule has 8 heteroatoms. The summed E-state index contributed by atoms with van der Waals surface area (Å²) in [4.78, 5) is 33.6. The number of hydrogen-bond acceptors (Lipinski definition) is 6. The highest BCUT2D eigenvalue weighted by molar-refractivity contribution is 5.93. The molecule has 1 amide bonds. The standard InChI is InChI=1S/C18H18N2O6/c1-25-18(22)13-8-10-14(11-9-13)19-17(21)7-4-12-26-16-6-3-2-5-15(16)20(23)24/h2-3,5-6,8-11H,4,7,12H2,1H3,(H,19,21). The van der Waals surface area contributed by atoms with Crippen LogP contribution in [0.2, 0.25) is 0 Å². The van der Waals surface area contributed by atoms with E-state index in [2.05, 4.69) is 10.1 Å². The Balaban J connectivity index is 1.77. The van der Waals surface area contributed by atoms with Gasteiger partial charge >= 0.3 is 11.7 Å². The maximum atomic E-state index is 11.9. The third-order valence-corrected chi connectivity index (χ3v) is 3.46. The number of anilines is 1. The monoisotopic (exact) mass is 358 g/mol. The molecule has 0 heterocycles. The van der Waals surface area contributed by atoms with Gasteiger partial charge in [-0.15, -0.1) is 0 Å². The summed E-state index contributed by atoms with van der Waals surface area (Å²) in [6.07, 6.45) is 0.595. The topological polar surface area (TPSA) is 108 Å². The molecule has 0 radical (unpaired) electrons. The van der Waals surface area contributed by atoms with E-state index in [4.69, 9.17) is 4.74 Å². The van der Waals surface area contributed by atoms with Gasteiger partial charge in [0, 0.05) is 18.2 Å². The highest BCUT2D eigenvalue weighted by Gasteiger charge is 2.13. The Morgan fingerprint density at radius 3 is 2.46 bits per heavy atom. The van der Waals surface area contributed by atoms with E-state index >= 15 is 0 Å². The molecule has 2 aromatic rings. The van der Waals surface area contributed by atoms with Crippen molar-refractivity contribution in [3.63, 3.8) is 0 Å². The van der Waals surface area contributed by atoms with E-state index in [1.54, 1.807) is 36.4 Å². The smallest absolute Gasteiger partial charge is 0.337 e. The fraction of sp³-hybridized carbons (Fsp3) is 0.222. The van der Waals surface area contributed by atoms with Gasteiger partial charge in [0.05, 0.1) is 24.2 Å². The van der Waals surface area contributed by atoms with E-state index in [0.717, 1.165) is 0 Å². The van der Waals surface area contributed by atoms with Crippen LogP contribution < -0.4 is 10.1 Å². The number of rotatable bonds is 8. The molecule has 0 aliphatic rings. The summed E-state index contributed by atoms with van der Waals surface area (Å²) in [6, 6.07) is 12.4. The van der Waals surface area contributed by atoms with Crippen LogP contribution >= 0.6 is 0 Å². The molecular weight excluding hydrogens is 340 g/mol. The van der Waals surface area contributed by atoms with Crippen molar-refractivity contribution in [3.8, 4) is 5.75 Å². The number of nitrogens with one attached hydrogen (secondary N) is 1. The number of benzene rings is 2. The molecule has 2 aromatic carbocycles. The molecular formula is C18H18N2O6. The van der Waals surface area contributed by atoms with E-state index < -0.39 is 10.9 Å².